The van der Waals surface area contributed by atoms with E-state index in [2.05, 4.69) is 14.9 Å². The van der Waals surface area contributed by atoms with Crippen LogP contribution in [0, 0.1) is 5.82 Å². The first kappa shape index (κ1) is 30.6. The Morgan fingerprint density at radius 1 is 0.956 bits per heavy atom. The maximum atomic E-state index is 15.3. The fraction of sp³-hybridized carbons (Fsp3) is 0.281. The van der Waals surface area contributed by atoms with Gasteiger partial charge in [-0.3, -0.25) is 4.98 Å². The molecule has 1 atom stereocenters. The number of ether oxygens (including phenoxy) is 3. The summed E-state index contributed by atoms with van der Waals surface area (Å²) in [7, 11) is 3.30. The zero-order valence-corrected chi connectivity index (χ0v) is 26.8. The van der Waals surface area contributed by atoms with Crippen LogP contribution >= 0.6 is 23.4 Å². The maximum absolute atomic E-state index is 15.3. The summed E-state index contributed by atoms with van der Waals surface area (Å²) in [6.45, 7) is 3.86. The summed E-state index contributed by atoms with van der Waals surface area (Å²) in [5.74, 6) is 2.27. The van der Waals surface area contributed by atoms with Crippen LogP contribution in [-0.2, 0) is 13.1 Å². The molecule has 2 aromatic carbocycles. The third kappa shape index (κ3) is 6.25. The summed E-state index contributed by atoms with van der Waals surface area (Å²) in [6.07, 6.45) is 5.21. The summed E-state index contributed by atoms with van der Waals surface area (Å²) < 4.78 is 32.0. The van der Waals surface area contributed by atoms with Gasteiger partial charge in [0.25, 0.3) is 0 Å². The van der Waals surface area contributed by atoms with Crippen LogP contribution in [0.1, 0.15) is 29.8 Å². The lowest BCUT2D eigenvalue weighted by atomic mass is 10.1. The van der Waals surface area contributed by atoms with Crippen molar-refractivity contribution in [2.45, 2.75) is 31.2 Å². The molecular formula is C32H31ClFN7O3S. The van der Waals surface area contributed by atoms with Gasteiger partial charge in [0, 0.05) is 25.5 Å². The minimum Gasteiger partial charge on any atom is -0.497 e. The zero-order valence-electron chi connectivity index (χ0n) is 25.2. The number of rotatable bonds is 10. The number of anilines is 2. The molecule has 1 aliphatic heterocycles. The maximum Gasteiger partial charge on any atom is 0.228 e. The zero-order chi connectivity index (χ0) is 31.5. The Hall–Kier alpha value is -4.42. The van der Waals surface area contributed by atoms with Crippen molar-refractivity contribution < 1.29 is 18.6 Å². The van der Waals surface area contributed by atoms with Gasteiger partial charge in [-0.2, -0.15) is 4.98 Å². The minimum absolute atomic E-state index is 0.0680. The van der Waals surface area contributed by atoms with Gasteiger partial charge in [0.2, 0.25) is 5.88 Å². The van der Waals surface area contributed by atoms with Crippen molar-refractivity contribution in [2.24, 2.45) is 0 Å². The van der Waals surface area contributed by atoms with Crippen LogP contribution in [0.25, 0.3) is 10.9 Å². The molecule has 45 heavy (non-hydrogen) atoms. The van der Waals surface area contributed by atoms with Gasteiger partial charge in [0.05, 0.1) is 26.8 Å². The van der Waals surface area contributed by atoms with Gasteiger partial charge < -0.3 is 24.0 Å². The van der Waals surface area contributed by atoms with E-state index < -0.39 is 5.82 Å². The number of nitrogens with zero attached hydrogens (tertiary/aromatic N) is 7. The highest BCUT2D eigenvalue weighted by Crippen LogP contribution is 2.41. The molecule has 5 aromatic rings. The molecule has 0 N–H and O–H groups in total. The van der Waals surface area contributed by atoms with Gasteiger partial charge in [-0.25, -0.2) is 19.3 Å². The Morgan fingerprint density at radius 2 is 1.58 bits per heavy atom. The Labute approximate surface area is 269 Å². The highest BCUT2D eigenvalue weighted by molar-refractivity contribution is 7.98. The number of methoxy groups -OCH3 is 2. The fourth-order valence-corrected chi connectivity index (χ4v) is 5.87. The predicted octanol–water partition coefficient (Wildman–Crippen LogP) is 6.51. The lowest BCUT2D eigenvalue weighted by Gasteiger charge is -2.32. The average molecular weight is 648 g/mol. The molecule has 10 nitrogen and oxygen atoms in total. The molecule has 0 unspecified atom stereocenters. The molecule has 0 radical (unpaired) electrons. The summed E-state index contributed by atoms with van der Waals surface area (Å²) in [5.41, 5.74) is 2.94. The van der Waals surface area contributed by atoms with Crippen molar-refractivity contribution in [2.75, 3.05) is 43.4 Å². The molecule has 13 heteroatoms. The number of halogens is 2. The van der Waals surface area contributed by atoms with E-state index in [0.29, 0.717) is 41.8 Å². The standard InChI is InChI=1S/C32H31ClFN7O3S/c1-19(41-15-16-44-31-24-27(25(34)28(33)38-31)37-32(45-4)39-29(24)41)26-30(36-14-13-35-26)40(17-20-5-9-22(42-2)10-6-20)18-21-7-11-23(43-3)12-8-21/h5-14,19H,15-18H2,1-4H3/t19-/m1/s1. The highest BCUT2D eigenvalue weighted by atomic mass is 35.5. The van der Waals surface area contributed by atoms with E-state index in [1.807, 2.05) is 66.6 Å². The normalized spacial score (nSPS) is 13.2. The Bertz CT molecular complexity index is 1770. The third-order valence-electron chi connectivity index (χ3n) is 7.63. The second kappa shape index (κ2) is 13.3. The van der Waals surface area contributed by atoms with E-state index in [-0.39, 0.29) is 29.2 Å². The van der Waals surface area contributed by atoms with E-state index in [1.165, 1.54) is 11.8 Å². The molecule has 0 bridgehead atoms. The van der Waals surface area contributed by atoms with Crippen molar-refractivity contribution in [3.05, 3.63) is 88.7 Å². The van der Waals surface area contributed by atoms with Crippen LogP contribution < -0.4 is 24.0 Å². The second-order valence-corrected chi connectivity index (χ2v) is 11.4. The van der Waals surface area contributed by atoms with Crippen LogP contribution in [0.15, 0.2) is 66.1 Å². The molecule has 0 saturated heterocycles. The molecule has 0 aliphatic carbocycles. The number of hydrogen-bond acceptors (Lipinski definition) is 11. The molecule has 3 aromatic heterocycles. The van der Waals surface area contributed by atoms with E-state index in [9.17, 15) is 0 Å². The van der Waals surface area contributed by atoms with E-state index >= 15 is 4.39 Å². The number of hydrogen-bond donors (Lipinski definition) is 0. The van der Waals surface area contributed by atoms with E-state index in [1.54, 1.807) is 26.6 Å². The molecule has 0 amide bonds. The van der Waals surface area contributed by atoms with Crippen LogP contribution in [-0.4, -0.2) is 58.5 Å². The van der Waals surface area contributed by atoms with Gasteiger partial charge in [-0.15, -0.1) is 0 Å². The molecule has 0 spiro atoms. The first-order valence-corrected chi connectivity index (χ1v) is 15.8. The molecule has 6 rings (SSSR count). The van der Waals surface area contributed by atoms with Crippen LogP contribution in [0.4, 0.5) is 16.0 Å². The number of aromatic nitrogens is 5. The lowest BCUT2D eigenvalue weighted by Crippen LogP contribution is -2.33. The molecule has 0 fully saturated rings. The first-order valence-electron chi connectivity index (χ1n) is 14.2. The van der Waals surface area contributed by atoms with Crippen molar-refractivity contribution in [1.29, 1.82) is 0 Å². The minimum atomic E-state index is -0.710. The topological polar surface area (TPSA) is 98.6 Å². The molecule has 0 saturated carbocycles. The van der Waals surface area contributed by atoms with Crippen LogP contribution in [0.3, 0.4) is 0 Å². The average Bonchev–Trinajstić information content (AvgIpc) is 3.26. The SMILES string of the molecule is COc1ccc(CN(Cc2ccc(OC)cc2)c2nccnc2[C@@H](C)N2CCOc3nc(Cl)c(F)c4nc(SC)nc2c34)cc1. The molecule has 1 aliphatic rings. The summed E-state index contributed by atoms with van der Waals surface area (Å²) in [4.78, 5) is 27.4. The van der Waals surface area contributed by atoms with E-state index in [0.717, 1.165) is 28.3 Å². The highest BCUT2D eigenvalue weighted by Gasteiger charge is 2.31. The van der Waals surface area contributed by atoms with E-state index in [4.69, 9.17) is 40.8 Å². The summed E-state index contributed by atoms with van der Waals surface area (Å²) in [5, 5.41) is 0.487. The van der Waals surface area contributed by atoms with Gasteiger partial charge in [-0.1, -0.05) is 47.6 Å². The largest absolute Gasteiger partial charge is 0.497 e. The first-order chi connectivity index (χ1) is 21.9. The summed E-state index contributed by atoms with van der Waals surface area (Å²) in [6, 6.07) is 15.6. The quantitative estimate of drug-likeness (QED) is 0.0942. The monoisotopic (exact) mass is 647 g/mol. The number of benzene rings is 2. The molecular weight excluding hydrogens is 617 g/mol. The van der Waals surface area contributed by atoms with Gasteiger partial charge in [0.1, 0.15) is 40.5 Å². The van der Waals surface area contributed by atoms with Crippen molar-refractivity contribution >= 4 is 45.9 Å². The predicted molar refractivity (Wildman–Crippen MR) is 173 cm³/mol. The van der Waals surface area contributed by atoms with Gasteiger partial charge >= 0.3 is 0 Å². The lowest BCUT2D eigenvalue weighted by molar-refractivity contribution is 0.315. The summed E-state index contributed by atoms with van der Waals surface area (Å²) >= 11 is 7.45. The van der Waals surface area contributed by atoms with Gasteiger partial charge in [0.15, 0.2) is 21.9 Å². The van der Waals surface area contributed by atoms with Crippen LogP contribution in [0.2, 0.25) is 5.15 Å². The van der Waals surface area contributed by atoms with Crippen molar-refractivity contribution in [3.8, 4) is 17.4 Å². The van der Waals surface area contributed by atoms with Crippen LogP contribution in [0.5, 0.6) is 17.4 Å². The van der Waals surface area contributed by atoms with Crippen molar-refractivity contribution in [3.63, 3.8) is 0 Å². The van der Waals surface area contributed by atoms with Gasteiger partial charge in [-0.05, 0) is 48.6 Å². The Morgan fingerprint density at radius 3 is 2.18 bits per heavy atom. The smallest absolute Gasteiger partial charge is 0.228 e. The number of thioether (sulfide) groups is 1. The third-order valence-corrected chi connectivity index (χ3v) is 8.43. The molecule has 232 valence electrons. The Kier molecular flexibility index (Phi) is 9.04. The fourth-order valence-electron chi connectivity index (χ4n) is 5.34. The Balaban J connectivity index is 1.43. The van der Waals surface area contributed by atoms with Crippen molar-refractivity contribution in [1.82, 2.24) is 24.9 Å². The molecule has 4 heterocycles. The number of pyridine rings is 1. The second-order valence-electron chi connectivity index (χ2n) is 10.3.